The van der Waals surface area contributed by atoms with Crippen LogP contribution < -0.4 is 4.74 Å². The third-order valence-electron chi connectivity index (χ3n) is 6.14. The third kappa shape index (κ3) is 4.23. The molecule has 0 bridgehead atoms. The Labute approximate surface area is 200 Å². The molecule has 6 nitrogen and oxygen atoms in total. The van der Waals surface area contributed by atoms with Crippen molar-refractivity contribution in [3.05, 3.63) is 82.7 Å². The molecule has 4 aromatic rings. The van der Waals surface area contributed by atoms with Gasteiger partial charge in [0.1, 0.15) is 5.82 Å². The molecule has 34 heavy (non-hydrogen) atoms. The van der Waals surface area contributed by atoms with Crippen LogP contribution in [0.15, 0.2) is 54.6 Å². The van der Waals surface area contributed by atoms with Crippen LogP contribution in [0, 0.1) is 20.8 Å². The Morgan fingerprint density at radius 3 is 2.35 bits per heavy atom. The lowest BCUT2D eigenvalue weighted by molar-refractivity contribution is 0.0683. The second kappa shape index (κ2) is 9.21. The number of carbonyl (C=O) groups excluding carboxylic acids is 1. The van der Waals surface area contributed by atoms with Crippen molar-refractivity contribution >= 4 is 16.9 Å². The molecule has 0 aliphatic heterocycles. The fraction of sp³-hybridized carbons (Fsp3) is 0.286. The summed E-state index contributed by atoms with van der Waals surface area (Å²) >= 11 is 0. The Morgan fingerprint density at radius 2 is 1.74 bits per heavy atom. The summed E-state index contributed by atoms with van der Waals surface area (Å²) in [4.78, 5) is 20.5. The van der Waals surface area contributed by atoms with E-state index in [0.717, 1.165) is 44.8 Å². The van der Waals surface area contributed by atoms with E-state index in [4.69, 9.17) is 9.72 Å². The average molecular weight is 458 g/mol. The van der Waals surface area contributed by atoms with Gasteiger partial charge in [0.15, 0.2) is 11.5 Å². The van der Waals surface area contributed by atoms with E-state index < -0.39 is 0 Å². The van der Waals surface area contributed by atoms with Crippen molar-refractivity contribution in [3.8, 4) is 17.2 Å². The molecule has 176 valence electrons. The third-order valence-corrected chi connectivity index (χ3v) is 6.14. The molecule has 0 saturated heterocycles. The van der Waals surface area contributed by atoms with Crippen LogP contribution in [0.3, 0.4) is 0 Å². The number of hydrogen-bond donors (Lipinski definition) is 1. The fourth-order valence-electron chi connectivity index (χ4n) is 4.59. The number of rotatable bonds is 6. The summed E-state index contributed by atoms with van der Waals surface area (Å²) in [6.45, 7) is 10.4. The molecule has 6 heteroatoms. The molecule has 4 rings (SSSR count). The Kier molecular flexibility index (Phi) is 6.33. The minimum atomic E-state index is -0.0369. The molecule has 1 N–H and O–H groups in total. The first kappa shape index (κ1) is 23.4. The highest BCUT2D eigenvalue weighted by molar-refractivity contribution is 5.97. The van der Waals surface area contributed by atoms with Crippen LogP contribution in [-0.2, 0) is 6.54 Å². The van der Waals surface area contributed by atoms with Crippen LogP contribution in [0.25, 0.3) is 16.7 Å². The summed E-state index contributed by atoms with van der Waals surface area (Å²) in [5.74, 6) is 1.15. The first-order valence-electron chi connectivity index (χ1n) is 11.4. The molecule has 3 aromatic carbocycles. The summed E-state index contributed by atoms with van der Waals surface area (Å²) < 4.78 is 7.21. The average Bonchev–Trinajstić information content (AvgIpc) is 3.14. The first-order chi connectivity index (χ1) is 16.2. The number of para-hydroxylation sites is 2. The number of ether oxygens (including phenoxy) is 1. The summed E-state index contributed by atoms with van der Waals surface area (Å²) in [7, 11) is 1.52. The fourth-order valence-corrected chi connectivity index (χ4v) is 4.59. The molecule has 0 saturated carbocycles. The van der Waals surface area contributed by atoms with Crippen LogP contribution in [0.4, 0.5) is 0 Å². The zero-order chi connectivity index (χ0) is 24.6. The van der Waals surface area contributed by atoms with Crippen molar-refractivity contribution in [2.24, 2.45) is 0 Å². The van der Waals surface area contributed by atoms with Crippen molar-refractivity contribution in [2.75, 3.05) is 7.11 Å². The quantitative estimate of drug-likeness (QED) is 0.402. The van der Waals surface area contributed by atoms with E-state index in [9.17, 15) is 9.90 Å². The lowest BCUT2D eigenvalue weighted by Crippen LogP contribution is -2.38. The van der Waals surface area contributed by atoms with Gasteiger partial charge in [-0.15, -0.1) is 0 Å². The highest BCUT2D eigenvalue weighted by Crippen LogP contribution is 2.31. The van der Waals surface area contributed by atoms with E-state index in [1.165, 1.54) is 7.11 Å². The molecule has 0 spiro atoms. The van der Waals surface area contributed by atoms with Gasteiger partial charge in [0.05, 0.1) is 30.4 Å². The van der Waals surface area contributed by atoms with Gasteiger partial charge in [-0.2, -0.15) is 0 Å². The van der Waals surface area contributed by atoms with Gasteiger partial charge in [-0.25, -0.2) is 4.98 Å². The maximum atomic E-state index is 13.8. The van der Waals surface area contributed by atoms with Gasteiger partial charge in [-0.05, 0) is 70.0 Å². The van der Waals surface area contributed by atoms with Crippen molar-refractivity contribution < 1.29 is 14.6 Å². The van der Waals surface area contributed by atoms with Gasteiger partial charge >= 0.3 is 0 Å². The smallest absolute Gasteiger partial charge is 0.255 e. The number of carbonyl (C=O) groups is 1. The van der Waals surface area contributed by atoms with Gasteiger partial charge in [0.2, 0.25) is 0 Å². The van der Waals surface area contributed by atoms with Crippen molar-refractivity contribution in [1.82, 2.24) is 14.5 Å². The zero-order valence-corrected chi connectivity index (χ0v) is 20.6. The van der Waals surface area contributed by atoms with Crippen LogP contribution in [-0.4, -0.2) is 38.6 Å². The molecule has 0 fully saturated rings. The summed E-state index contributed by atoms with van der Waals surface area (Å²) in [5.41, 5.74) is 6.31. The molecule has 0 aliphatic rings. The van der Waals surface area contributed by atoms with E-state index in [1.807, 2.05) is 86.6 Å². The van der Waals surface area contributed by atoms with Crippen molar-refractivity contribution in [3.63, 3.8) is 0 Å². The number of fused-ring (bicyclic) bond motifs is 1. The van der Waals surface area contributed by atoms with E-state index in [2.05, 4.69) is 0 Å². The van der Waals surface area contributed by atoms with Gasteiger partial charge < -0.3 is 14.7 Å². The standard InChI is InChI=1S/C28H31N3O3/c1-17(2)30(28(33)27-19(4)13-18(3)14-20(27)5)16-26-29-22-9-7-8-10-23(22)31(26)21-11-12-25(34-6)24(32)15-21/h7-15,17,32H,16H2,1-6H3. The highest BCUT2D eigenvalue weighted by Gasteiger charge is 2.25. The number of aryl methyl sites for hydroxylation is 3. The van der Waals surface area contributed by atoms with Gasteiger partial charge in [0.25, 0.3) is 5.91 Å². The van der Waals surface area contributed by atoms with Gasteiger partial charge in [-0.3, -0.25) is 9.36 Å². The number of imidazole rings is 1. The number of phenolic OH excluding ortho intramolecular Hbond substituents is 1. The minimum Gasteiger partial charge on any atom is -0.504 e. The largest absolute Gasteiger partial charge is 0.504 e. The number of nitrogens with zero attached hydrogens (tertiary/aromatic N) is 3. The number of phenols is 1. The first-order valence-corrected chi connectivity index (χ1v) is 11.4. The molecule has 1 amide bonds. The van der Waals surface area contributed by atoms with E-state index >= 15 is 0 Å². The number of benzene rings is 3. The predicted molar refractivity (Wildman–Crippen MR) is 135 cm³/mol. The normalized spacial score (nSPS) is 11.3. The SMILES string of the molecule is COc1ccc(-n2c(CN(C(=O)c3c(C)cc(C)cc3C)C(C)C)nc3ccccc32)cc1O. The minimum absolute atomic E-state index is 0.0128. The summed E-state index contributed by atoms with van der Waals surface area (Å²) in [6.07, 6.45) is 0. The number of hydrogen-bond acceptors (Lipinski definition) is 4. The van der Waals surface area contributed by atoms with Crippen molar-refractivity contribution in [2.45, 2.75) is 47.2 Å². The molecule has 1 heterocycles. The number of aromatic hydroxyl groups is 1. The zero-order valence-electron chi connectivity index (χ0n) is 20.6. The molecule has 0 unspecified atom stereocenters. The van der Waals surface area contributed by atoms with Crippen LogP contribution in [0.1, 0.15) is 46.7 Å². The van der Waals surface area contributed by atoms with E-state index in [0.29, 0.717) is 12.3 Å². The topological polar surface area (TPSA) is 67.6 Å². The second-order valence-corrected chi connectivity index (χ2v) is 9.01. The van der Waals surface area contributed by atoms with Crippen LogP contribution in [0.2, 0.25) is 0 Å². The number of amides is 1. The molecule has 0 radical (unpaired) electrons. The number of aromatic nitrogens is 2. The Balaban J connectivity index is 1.82. The predicted octanol–water partition coefficient (Wildman–Crippen LogP) is 5.72. The van der Waals surface area contributed by atoms with E-state index in [1.54, 1.807) is 12.1 Å². The Morgan fingerprint density at radius 1 is 1.06 bits per heavy atom. The lowest BCUT2D eigenvalue weighted by Gasteiger charge is -2.28. The maximum Gasteiger partial charge on any atom is 0.255 e. The number of methoxy groups -OCH3 is 1. The molecular weight excluding hydrogens is 426 g/mol. The van der Waals surface area contributed by atoms with Crippen molar-refractivity contribution in [1.29, 1.82) is 0 Å². The maximum absolute atomic E-state index is 13.8. The van der Waals surface area contributed by atoms with Crippen LogP contribution in [0.5, 0.6) is 11.5 Å². The Hall–Kier alpha value is -3.80. The second-order valence-electron chi connectivity index (χ2n) is 9.01. The lowest BCUT2D eigenvalue weighted by atomic mass is 9.98. The van der Waals surface area contributed by atoms with Crippen LogP contribution >= 0.6 is 0 Å². The monoisotopic (exact) mass is 457 g/mol. The molecular formula is C28H31N3O3. The molecule has 1 aromatic heterocycles. The van der Waals surface area contributed by atoms with Gasteiger partial charge in [-0.1, -0.05) is 29.8 Å². The highest BCUT2D eigenvalue weighted by atomic mass is 16.5. The molecule has 0 aliphatic carbocycles. The Bertz CT molecular complexity index is 1350. The van der Waals surface area contributed by atoms with Gasteiger partial charge in [0, 0.05) is 17.7 Å². The summed E-state index contributed by atoms with van der Waals surface area (Å²) in [5, 5.41) is 10.4. The molecule has 0 atom stereocenters. The summed E-state index contributed by atoms with van der Waals surface area (Å²) in [6, 6.07) is 17.2. The van der Waals surface area contributed by atoms with E-state index in [-0.39, 0.29) is 17.7 Å².